The molecule has 0 aliphatic rings. The number of halogens is 3. The van der Waals surface area contributed by atoms with Crippen molar-refractivity contribution in [3.05, 3.63) is 60.0 Å². The van der Waals surface area contributed by atoms with Crippen molar-refractivity contribution < 1.29 is 21.6 Å². The van der Waals surface area contributed by atoms with Crippen LogP contribution in [0.3, 0.4) is 0 Å². The molecule has 1 atom stereocenters. The molecule has 31 heavy (non-hydrogen) atoms. The Morgan fingerprint density at radius 3 is 2.52 bits per heavy atom. The summed E-state index contributed by atoms with van der Waals surface area (Å²) < 4.78 is 67.7. The number of alkyl halides is 3. The van der Waals surface area contributed by atoms with Crippen LogP contribution in [0.4, 0.5) is 19.0 Å². The van der Waals surface area contributed by atoms with E-state index in [2.05, 4.69) is 24.4 Å². The minimum absolute atomic E-state index is 0.0951. The molecule has 7 nitrogen and oxygen atoms in total. The van der Waals surface area contributed by atoms with Gasteiger partial charge in [0, 0.05) is 30.6 Å². The van der Waals surface area contributed by atoms with Gasteiger partial charge in [-0.25, -0.2) is 4.98 Å². The molecule has 11 heteroatoms. The van der Waals surface area contributed by atoms with Gasteiger partial charge >= 0.3 is 6.18 Å². The lowest BCUT2D eigenvalue weighted by Gasteiger charge is -2.17. The number of anilines is 1. The highest BCUT2D eigenvalue weighted by atomic mass is 32.2. The Kier molecular flexibility index (Phi) is 7.06. The van der Waals surface area contributed by atoms with Crippen LogP contribution in [-0.2, 0) is 16.4 Å². The zero-order chi connectivity index (χ0) is 22.5. The second-order valence-electron chi connectivity index (χ2n) is 6.98. The molecule has 0 aliphatic carbocycles. The molecule has 0 amide bonds. The minimum atomic E-state index is -4.44. The van der Waals surface area contributed by atoms with Crippen molar-refractivity contribution in [3.63, 3.8) is 0 Å². The van der Waals surface area contributed by atoms with E-state index in [4.69, 9.17) is 0 Å². The first-order valence-corrected chi connectivity index (χ1v) is 11.2. The monoisotopic (exact) mass is 453 g/mol. The van der Waals surface area contributed by atoms with E-state index in [9.17, 15) is 21.6 Å². The average Bonchev–Trinajstić information content (AvgIpc) is 2.72. The van der Waals surface area contributed by atoms with Crippen molar-refractivity contribution in [3.8, 4) is 0 Å². The van der Waals surface area contributed by atoms with Gasteiger partial charge < -0.3 is 0 Å². The number of aromatic nitrogens is 3. The molecule has 0 bridgehead atoms. The van der Waals surface area contributed by atoms with Crippen LogP contribution < -0.4 is 9.44 Å². The SMILES string of the molecule is CCCC(CCNS(=O)(=O)Nc1ccc2ncccc2n1)c1ccc(C(F)(F)F)cn1. The highest BCUT2D eigenvalue weighted by molar-refractivity contribution is 7.90. The van der Waals surface area contributed by atoms with Crippen LogP contribution in [0.1, 0.15) is 43.4 Å². The number of rotatable bonds is 9. The predicted molar refractivity (Wildman–Crippen MR) is 112 cm³/mol. The second-order valence-corrected chi connectivity index (χ2v) is 8.48. The Morgan fingerprint density at radius 2 is 1.84 bits per heavy atom. The maximum absolute atomic E-state index is 12.7. The first kappa shape index (κ1) is 22.9. The molecule has 3 rings (SSSR count). The van der Waals surface area contributed by atoms with Gasteiger partial charge in [0.05, 0.1) is 16.6 Å². The summed E-state index contributed by atoms with van der Waals surface area (Å²) >= 11 is 0. The normalized spacial score (nSPS) is 13.3. The summed E-state index contributed by atoms with van der Waals surface area (Å²) in [4.78, 5) is 12.3. The maximum atomic E-state index is 12.7. The quantitative estimate of drug-likeness (QED) is 0.505. The van der Waals surface area contributed by atoms with Gasteiger partial charge in [0.2, 0.25) is 0 Å². The molecule has 2 N–H and O–H groups in total. The standard InChI is InChI=1S/C20H22F3N5O2S/c1-2-4-14(16-7-6-15(13-25-16)20(21,22)23)10-12-26-31(29,30)28-19-9-8-17-18(27-19)5-3-11-24-17/h3,5-9,11,13-14,26H,2,4,10,12H2,1H3,(H,27,28). The summed E-state index contributed by atoms with van der Waals surface area (Å²) in [5, 5.41) is 0. The van der Waals surface area contributed by atoms with E-state index in [1.807, 2.05) is 6.92 Å². The zero-order valence-corrected chi connectivity index (χ0v) is 17.5. The minimum Gasteiger partial charge on any atom is -0.260 e. The highest BCUT2D eigenvalue weighted by Crippen LogP contribution is 2.30. The number of fused-ring (bicyclic) bond motifs is 1. The van der Waals surface area contributed by atoms with E-state index >= 15 is 0 Å². The molecule has 3 aromatic heterocycles. The van der Waals surface area contributed by atoms with Crippen molar-refractivity contribution in [2.45, 2.75) is 38.3 Å². The summed E-state index contributed by atoms with van der Waals surface area (Å²) in [5.41, 5.74) is 0.893. The Hall–Kier alpha value is -2.79. The van der Waals surface area contributed by atoms with Crippen LogP contribution in [0.2, 0.25) is 0 Å². The van der Waals surface area contributed by atoms with Gasteiger partial charge in [-0.2, -0.15) is 26.3 Å². The Labute approximate surface area is 178 Å². The summed E-state index contributed by atoms with van der Waals surface area (Å²) in [6.45, 7) is 2.04. The molecule has 0 saturated carbocycles. The second kappa shape index (κ2) is 9.56. The van der Waals surface area contributed by atoms with E-state index < -0.39 is 21.9 Å². The molecule has 3 aromatic rings. The topological polar surface area (TPSA) is 96.9 Å². The molecular formula is C20H22F3N5O2S. The van der Waals surface area contributed by atoms with Crippen LogP contribution in [0.15, 0.2) is 48.8 Å². The van der Waals surface area contributed by atoms with E-state index in [0.29, 0.717) is 29.6 Å². The molecule has 166 valence electrons. The fraction of sp³-hybridized carbons (Fsp3) is 0.350. The summed E-state index contributed by atoms with van der Waals surface area (Å²) in [6.07, 6.45) is -0.167. The van der Waals surface area contributed by atoms with Gasteiger partial charge in [0.15, 0.2) is 0 Å². The van der Waals surface area contributed by atoms with E-state index in [-0.39, 0.29) is 18.3 Å². The Morgan fingerprint density at radius 1 is 1.03 bits per heavy atom. The molecule has 0 aromatic carbocycles. The van der Waals surface area contributed by atoms with Crippen LogP contribution in [0.25, 0.3) is 11.0 Å². The third kappa shape index (κ3) is 6.34. The van der Waals surface area contributed by atoms with Gasteiger partial charge in [-0.1, -0.05) is 13.3 Å². The average molecular weight is 453 g/mol. The van der Waals surface area contributed by atoms with Gasteiger partial charge in [-0.15, -0.1) is 0 Å². The Balaban J connectivity index is 1.61. The first-order valence-electron chi connectivity index (χ1n) is 9.70. The maximum Gasteiger partial charge on any atom is 0.417 e. The summed E-state index contributed by atoms with van der Waals surface area (Å²) in [6, 6.07) is 8.95. The number of pyridine rings is 3. The van der Waals surface area contributed by atoms with Gasteiger partial charge in [-0.3, -0.25) is 14.7 Å². The van der Waals surface area contributed by atoms with E-state index in [1.165, 1.54) is 12.1 Å². The van der Waals surface area contributed by atoms with Crippen LogP contribution in [-0.4, -0.2) is 29.9 Å². The van der Waals surface area contributed by atoms with Crippen LogP contribution in [0, 0.1) is 0 Å². The fourth-order valence-corrected chi connectivity index (χ4v) is 4.01. The van der Waals surface area contributed by atoms with Gasteiger partial charge in [0.25, 0.3) is 10.2 Å². The third-order valence-corrected chi connectivity index (χ3v) is 5.71. The number of hydrogen-bond donors (Lipinski definition) is 2. The number of nitrogens with zero attached hydrogens (tertiary/aromatic N) is 3. The van der Waals surface area contributed by atoms with Crippen molar-refractivity contribution in [2.75, 3.05) is 11.3 Å². The molecule has 3 heterocycles. The molecule has 1 unspecified atom stereocenters. The van der Waals surface area contributed by atoms with Crippen molar-refractivity contribution in [1.29, 1.82) is 0 Å². The third-order valence-electron chi connectivity index (χ3n) is 4.65. The molecule has 0 aliphatic heterocycles. The number of nitrogens with one attached hydrogen (secondary N) is 2. The molecular weight excluding hydrogens is 431 g/mol. The molecule has 0 saturated heterocycles. The van der Waals surface area contributed by atoms with Crippen molar-refractivity contribution in [2.24, 2.45) is 0 Å². The van der Waals surface area contributed by atoms with E-state index in [0.717, 1.165) is 18.7 Å². The predicted octanol–water partition coefficient (Wildman–Crippen LogP) is 4.26. The van der Waals surface area contributed by atoms with Crippen molar-refractivity contribution in [1.82, 2.24) is 19.7 Å². The zero-order valence-electron chi connectivity index (χ0n) is 16.7. The number of hydrogen-bond acceptors (Lipinski definition) is 5. The van der Waals surface area contributed by atoms with Gasteiger partial charge in [0.1, 0.15) is 5.82 Å². The summed E-state index contributed by atoms with van der Waals surface area (Å²) in [5.74, 6) is -0.0117. The molecule has 0 spiro atoms. The molecule has 0 fully saturated rings. The van der Waals surface area contributed by atoms with Crippen LogP contribution in [0.5, 0.6) is 0 Å². The van der Waals surface area contributed by atoms with Gasteiger partial charge in [-0.05, 0) is 49.2 Å². The highest BCUT2D eigenvalue weighted by Gasteiger charge is 2.31. The van der Waals surface area contributed by atoms with Crippen LogP contribution >= 0.6 is 0 Å². The van der Waals surface area contributed by atoms with E-state index in [1.54, 1.807) is 24.4 Å². The van der Waals surface area contributed by atoms with Crippen molar-refractivity contribution >= 4 is 27.1 Å². The summed E-state index contributed by atoms with van der Waals surface area (Å²) in [7, 11) is -3.87. The fourth-order valence-electron chi connectivity index (χ4n) is 3.16. The Bertz CT molecular complexity index is 1120. The molecule has 0 radical (unpaired) electrons. The lowest BCUT2D eigenvalue weighted by molar-refractivity contribution is -0.137. The lowest BCUT2D eigenvalue weighted by atomic mass is 9.95. The first-order chi connectivity index (χ1) is 14.7. The largest absolute Gasteiger partial charge is 0.417 e. The smallest absolute Gasteiger partial charge is 0.260 e. The lowest BCUT2D eigenvalue weighted by Crippen LogP contribution is -2.32.